The van der Waals surface area contributed by atoms with Crippen molar-refractivity contribution in [2.45, 2.75) is 39.7 Å². The Balaban J connectivity index is 1.49. The number of aryl methyl sites for hydroxylation is 2. The van der Waals surface area contributed by atoms with Gasteiger partial charge >= 0.3 is 5.97 Å². The summed E-state index contributed by atoms with van der Waals surface area (Å²) in [6, 6.07) is 14.1. The Morgan fingerprint density at radius 1 is 1.00 bits per heavy atom. The number of carboxylic acid groups (broad SMARTS) is 1. The average Bonchev–Trinajstić information content (AvgIpc) is 2.60. The molecule has 132 valence electrons. The second kappa shape index (κ2) is 7.83. The summed E-state index contributed by atoms with van der Waals surface area (Å²) < 4.78 is 0. The Labute approximate surface area is 150 Å². The van der Waals surface area contributed by atoms with E-state index < -0.39 is 5.97 Å². The molecule has 3 heteroatoms. The highest BCUT2D eigenvalue weighted by molar-refractivity contribution is 5.87. The lowest BCUT2D eigenvalue weighted by molar-refractivity contribution is 0.0697. The molecule has 0 aromatic heterocycles. The third-order valence-corrected chi connectivity index (χ3v) is 5.41. The van der Waals surface area contributed by atoms with E-state index in [9.17, 15) is 4.79 Å². The van der Waals surface area contributed by atoms with Crippen LogP contribution in [0.15, 0.2) is 42.5 Å². The summed E-state index contributed by atoms with van der Waals surface area (Å²) >= 11 is 0. The zero-order valence-electron chi connectivity index (χ0n) is 15.2. The number of nitrogens with zero attached hydrogens (tertiary/aromatic N) is 1. The van der Waals surface area contributed by atoms with Crippen molar-refractivity contribution in [3.63, 3.8) is 0 Å². The first-order valence-corrected chi connectivity index (χ1v) is 9.12. The van der Waals surface area contributed by atoms with Crippen molar-refractivity contribution in [3.8, 4) is 0 Å². The molecule has 0 atom stereocenters. The molecule has 0 bridgehead atoms. The number of hydrogen-bond acceptors (Lipinski definition) is 2. The maximum absolute atomic E-state index is 10.9. The smallest absolute Gasteiger partial charge is 0.335 e. The molecule has 3 nitrogen and oxygen atoms in total. The Bertz CT molecular complexity index is 728. The molecule has 1 fully saturated rings. The predicted octanol–water partition coefficient (Wildman–Crippen LogP) is 4.46. The van der Waals surface area contributed by atoms with Crippen LogP contribution in [0.25, 0.3) is 0 Å². The topological polar surface area (TPSA) is 40.5 Å². The molecule has 0 aliphatic carbocycles. The van der Waals surface area contributed by atoms with Gasteiger partial charge in [0.1, 0.15) is 0 Å². The average molecular weight is 337 g/mol. The minimum Gasteiger partial charge on any atom is -0.478 e. The molecule has 25 heavy (non-hydrogen) atoms. The summed E-state index contributed by atoms with van der Waals surface area (Å²) in [5, 5.41) is 8.97. The monoisotopic (exact) mass is 337 g/mol. The van der Waals surface area contributed by atoms with Crippen molar-refractivity contribution < 1.29 is 9.90 Å². The van der Waals surface area contributed by atoms with Crippen molar-refractivity contribution >= 4 is 5.97 Å². The molecule has 0 spiro atoms. The summed E-state index contributed by atoms with van der Waals surface area (Å²) in [5.74, 6) is -0.0913. The molecule has 0 unspecified atom stereocenters. The SMILES string of the molecule is Cc1ccc(CC2CCN(Cc3ccc(C(=O)O)cc3)CC2)cc1C. The van der Waals surface area contributed by atoms with Gasteiger partial charge in [-0.05, 0) is 86.5 Å². The zero-order chi connectivity index (χ0) is 17.8. The molecule has 0 radical (unpaired) electrons. The van der Waals surface area contributed by atoms with Crippen LogP contribution in [0.5, 0.6) is 0 Å². The third-order valence-electron chi connectivity index (χ3n) is 5.41. The number of likely N-dealkylation sites (tertiary alicyclic amines) is 1. The molecule has 0 saturated carbocycles. The quantitative estimate of drug-likeness (QED) is 0.876. The predicted molar refractivity (Wildman–Crippen MR) is 101 cm³/mol. The van der Waals surface area contributed by atoms with Crippen LogP contribution in [0.3, 0.4) is 0 Å². The van der Waals surface area contributed by atoms with Gasteiger partial charge in [0.15, 0.2) is 0 Å². The summed E-state index contributed by atoms with van der Waals surface area (Å²) in [6.45, 7) is 7.51. The normalized spacial score (nSPS) is 16.1. The van der Waals surface area contributed by atoms with Crippen LogP contribution < -0.4 is 0 Å². The van der Waals surface area contributed by atoms with Gasteiger partial charge < -0.3 is 5.11 Å². The summed E-state index contributed by atoms with van der Waals surface area (Å²) in [5.41, 5.74) is 5.77. The molecule has 1 heterocycles. The van der Waals surface area contributed by atoms with Gasteiger partial charge in [-0.1, -0.05) is 30.3 Å². The second-order valence-corrected chi connectivity index (χ2v) is 7.34. The first-order chi connectivity index (χ1) is 12.0. The number of piperidine rings is 1. The fourth-order valence-corrected chi connectivity index (χ4v) is 3.62. The van der Waals surface area contributed by atoms with E-state index in [-0.39, 0.29) is 0 Å². The van der Waals surface area contributed by atoms with Gasteiger partial charge in [0, 0.05) is 6.54 Å². The fraction of sp³-hybridized carbons (Fsp3) is 0.409. The van der Waals surface area contributed by atoms with Crippen LogP contribution in [-0.2, 0) is 13.0 Å². The van der Waals surface area contributed by atoms with Gasteiger partial charge in [0.05, 0.1) is 5.56 Å². The van der Waals surface area contributed by atoms with Gasteiger partial charge in [-0.2, -0.15) is 0 Å². The van der Waals surface area contributed by atoms with Crippen molar-refractivity contribution in [3.05, 3.63) is 70.3 Å². The molecule has 3 rings (SSSR count). The number of hydrogen-bond donors (Lipinski definition) is 1. The van der Waals surface area contributed by atoms with E-state index in [4.69, 9.17) is 5.11 Å². The van der Waals surface area contributed by atoms with E-state index in [1.165, 1.54) is 41.5 Å². The van der Waals surface area contributed by atoms with Crippen LogP contribution in [0.4, 0.5) is 0 Å². The molecule has 2 aromatic carbocycles. The summed E-state index contributed by atoms with van der Waals surface area (Å²) in [4.78, 5) is 13.4. The fourth-order valence-electron chi connectivity index (χ4n) is 3.62. The van der Waals surface area contributed by atoms with Gasteiger partial charge in [0.2, 0.25) is 0 Å². The van der Waals surface area contributed by atoms with Gasteiger partial charge in [-0.3, -0.25) is 4.90 Å². The van der Waals surface area contributed by atoms with Crippen LogP contribution in [0.2, 0.25) is 0 Å². The highest BCUT2D eigenvalue weighted by Gasteiger charge is 2.19. The highest BCUT2D eigenvalue weighted by Crippen LogP contribution is 2.24. The Kier molecular flexibility index (Phi) is 5.54. The second-order valence-electron chi connectivity index (χ2n) is 7.34. The van der Waals surface area contributed by atoms with E-state index in [1.807, 2.05) is 12.1 Å². The molecule has 1 aliphatic heterocycles. The maximum atomic E-state index is 10.9. The van der Waals surface area contributed by atoms with Crippen LogP contribution in [-0.4, -0.2) is 29.1 Å². The molecule has 1 saturated heterocycles. The molecule has 2 aromatic rings. The number of carbonyl (C=O) groups is 1. The van der Waals surface area contributed by atoms with Gasteiger partial charge in [-0.25, -0.2) is 4.79 Å². The maximum Gasteiger partial charge on any atom is 0.335 e. The van der Waals surface area contributed by atoms with Crippen molar-refractivity contribution in [2.24, 2.45) is 5.92 Å². The van der Waals surface area contributed by atoms with Crippen molar-refractivity contribution in [2.75, 3.05) is 13.1 Å². The standard InChI is InChI=1S/C22H27NO2/c1-16-3-4-20(13-17(16)2)14-18-9-11-23(12-10-18)15-19-5-7-21(8-6-19)22(24)25/h3-8,13,18H,9-12,14-15H2,1-2H3,(H,24,25). The highest BCUT2D eigenvalue weighted by atomic mass is 16.4. The summed E-state index contributed by atoms with van der Waals surface area (Å²) in [6.07, 6.45) is 3.66. The van der Waals surface area contributed by atoms with E-state index >= 15 is 0 Å². The van der Waals surface area contributed by atoms with Gasteiger partial charge in [-0.15, -0.1) is 0 Å². The van der Waals surface area contributed by atoms with E-state index in [0.717, 1.165) is 25.6 Å². The first kappa shape index (κ1) is 17.7. The van der Waals surface area contributed by atoms with E-state index in [2.05, 4.69) is 36.9 Å². The van der Waals surface area contributed by atoms with Crippen LogP contribution in [0.1, 0.15) is 45.5 Å². The number of aromatic carboxylic acids is 1. The molecular weight excluding hydrogens is 310 g/mol. The van der Waals surface area contributed by atoms with Crippen molar-refractivity contribution in [1.29, 1.82) is 0 Å². The largest absolute Gasteiger partial charge is 0.478 e. The lowest BCUT2D eigenvalue weighted by atomic mass is 9.89. The van der Waals surface area contributed by atoms with Crippen LogP contribution >= 0.6 is 0 Å². The van der Waals surface area contributed by atoms with E-state index in [1.54, 1.807) is 12.1 Å². The zero-order valence-corrected chi connectivity index (χ0v) is 15.2. The van der Waals surface area contributed by atoms with E-state index in [0.29, 0.717) is 5.56 Å². The Morgan fingerprint density at radius 2 is 1.64 bits per heavy atom. The minimum atomic E-state index is -0.862. The molecular formula is C22H27NO2. The molecule has 0 amide bonds. The summed E-state index contributed by atoms with van der Waals surface area (Å²) in [7, 11) is 0. The Hall–Kier alpha value is -2.13. The Morgan fingerprint density at radius 3 is 2.24 bits per heavy atom. The lowest BCUT2D eigenvalue weighted by Gasteiger charge is -2.32. The third kappa shape index (κ3) is 4.70. The molecule has 1 N–H and O–H groups in total. The van der Waals surface area contributed by atoms with Crippen molar-refractivity contribution in [1.82, 2.24) is 4.90 Å². The first-order valence-electron chi connectivity index (χ1n) is 9.12. The number of benzene rings is 2. The number of rotatable bonds is 5. The van der Waals surface area contributed by atoms with Crippen LogP contribution in [0, 0.1) is 19.8 Å². The number of carboxylic acids is 1. The lowest BCUT2D eigenvalue weighted by Crippen LogP contribution is -2.33. The molecule has 1 aliphatic rings. The van der Waals surface area contributed by atoms with Gasteiger partial charge in [0.25, 0.3) is 0 Å². The minimum absolute atomic E-state index is 0.357.